The topological polar surface area (TPSA) is 86.8 Å². The van der Waals surface area contributed by atoms with Crippen molar-refractivity contribution >= 4 is 0 Å². The normalized spacial score (nSPS) is 16.7. The van der Waals surface area contributed by atoms with E-state index in [0.29, 0.717) is 18.7 Å². The molecule has 0 radical (unpaired) electrons. The zero-order valence-electron chi connectivity index (χ0n) is 9.71. The third kappa shape index (κ3) is 3.51. The maximum absolute atomic E-state index is 9.07. The Kier molecular flexibility index (Phi) is 4.07. The van der Waals surface area contributed by atoms with Gasteiger partial charge in [-0.2, -0.15) is 5.26 Å². The van der Waals surface area contributed by atoms with Gasteiger partial charge in [0.15, 0.2) is 0 Å². The highest BCUT2D eigenvalue weighted by Gasteiger charge is 2.23. The second kappa shape index (κ2) is 5.75. The summed E-state index contributed by atoms with van der Waals surface area (Å²) < 4.78 is 1.66. The molecule has 2 rings (SSSR count). The molecule has 1 aromatic rings. The first-order chi connectivity index (χ1) is 8.33. The number of hydrogen-bond acceptors (Lipinski definition) is 5. The number of aliphatic hydroxyl groups excluding tert-OH is 1. The maximum Gasteiger partial charge on any atom is 0.141 e. The summed E-state index contributed by atoms with van der Waals surface area (Å²) in [6.45, 7) is 1.64. The minimum Gasteiger partial charge on any atom is -0.396 e. The first-order valence-corrected chi connectivity index (χ1v) is 5.97. The molecular weight excluding hydrogens is 218 g/mol. The van der Waals surface area contributed by atoms with Crippen molar-refractivity contribution in [3.63, 3.8) is 0 Å². The molecule has 1 aliphatic rings. The monoisotopic (exact) mass is 235 g/mol. The molecule has 1 unspecified atom stereocenters. The summed E-state index contributed by atoms with van der Waals surface area (Å²) in [6.07, 6.45) is 4.93. The van der Waals surface area contributed by atoms with Crippen LogP contribution in [-0.2, 0) is 6.54 Å². The number of aryl methyl sites for hydroxylation is 1. The van der Waals surface area contributed by atoms with Gasteiger partial charge in [0.1, 0.15) is 11.7 Å². The molecule has 1 aliphatic carbocycles. The SMILES string of the molecule is N#CC(NCC1CC1)c1cn(CCCO)nn1. The van der Waals surface area contributed by atoms with Crippen LogP contribution in [0, 0.1) is 17.2 Å². The predicted molar refractivity (Wildman–Crippen MR) is 60.8 cm³/mol. The van der Waals surface area contributed by atoms with Crippen LogP contribution in [0.5, 0.6) is 0 Å². The average molecular weight is 235 g/mol. The van der Waals surface area contributed by atoms with Crippen molar-refractivity contribution in [2.24, 2.45) is 5.92 Å². The second-order valence-electron chi connectivity index (χ2n) is 4.40. The van der Waals surface area contributed by atoms with Crippen LogP contribution in [-0.4, -0.2) is 33.3 Å². The van der Waals surface area contributed by atoms with Crippen molar-refractivity contribution in [1.82, 2.24) is 20.3 Å². The van der Waals surface area contributed by atoms with Crippen molar-refractivity contribution in [2.75, 3.05) is 13.2 Å². The van der Waals surface area contributed by atoms with Crippen LogP contribution in [0.1, 0.15) is 31.0 Å². The fraction of sp³-hybridized carbons (Fsp3) is 0.727. The maximum atomic E-state index is 9.07. The minimum absolute atomic E-state index is 0.136. The van der Waals surface area contributed by atoms with Gasteiger partial charge in [-0.05, 0) is 31.7 Å². The fourth-order valence-electron chi connectivity index (χ4n) is 1.61. The van der Waals surface area contributed by atoms with Crippen molar-refractivity contribution in [1.29, 1.82) is 5.26 Å². The van der Waals surface area contributed by atoms with Gasteiger partial charge < -0.3 is 5.11 Å². The number of rotatable bonds is 7. The highest BCUT2D eigenvalue weighted by Crippen LogP contribution is 2.28. The first kappa shape index (κ1) is 12.0. The Balaban J connectivity index is 1.88. The molecule has 0 aliphatic heterocycles. The van der Waals surface area contributed by atoms with Gasteiger partial charge in [0.2, 0.25) is 0 Å². The molecule has 1 fully saturated rings. The number of nitrogens with one attached hydrogen (secondary N) is 1. The summed E-state index contributed by atoms with van der Waals surface area (Å²) in [6, 6.07) is 1.82. The largest absolute Gasteiger partial charge is 0.396 e. The van der Waals surface area contributed by atoms with Gasteiger partial charge >= 0.3 is 0 Å². The molecule has 1 aromatic heterocycles. The van der Waals surface area contributed by atoms with Crippen molar-refractivity contribution in [3.05, 3.63) is 11.9 Å². The number of hydrogen-bond donors (Lipinski definition) is 2. The molecule has 0 saturated heterocycles. The van der Waals surface area contributed by atoms with Crippen LogP contribution in [0.3, 0.4) is 0 Å². The Hall–Kier alpha value is -1.45. The van der Waals surface area contributed by atoms with E-state index in [-0.39, 0.29) is 12.6 Å². The van der Waals surface area contributed by atoms with Crippen molar-refractivity contribution < 1.29 is 5.11 Å². The summed E-state index contributed by atoms with van der Waals surface area (Å²) in [5.74, 6) is 0.732. The van der Waals surface area contributed by atoms with E-state index in [4.69, 9.17) is 10.4 Å². The van der Waals surface area contributed by atoms with E-state index in [1.54, 1.807) is 10.9 Å². The molecule has 1 heterocycles. The number of aliphatic hydroxyl groups is 1. The summed E-state index contributed by atoms with van der Waals surface area (Å²) in [5.41, 5.74) is 0.658. The fourth-order valence-corrected chi connectivity index (χ4v) is 1.61. The zero-order chi connectivity index (χ0) is 12.1. The molecule has 1 atom stereocenters. The van der Waals surface area contributed by atoms with E-state index in [9.17, 15) is 0 Å². The number of aromatic nitrogens is 3. The standard InChI is InChI=1S/C11H17N5O/c12-6-10(13-7-9-2-3-9)11-8-16(15-14-11)4-1-5-17/h8-10,13,17H,1-5,7H2. The van der Waals surface area contributed by atoms with E-state index >= 15 is 0 Å². The Morgan fingerprint density at radius 2 is 2.47 bits per heavy atom. The van der Waals surface area contributed by atoms with Gasteiger partial charge in [0.25, 0.3) is 0 Å². The molecule has 2 N–H and O–H groups in total. The minimum atomic E-state index is -0.376. The molecule has 0 aromatic carbocycles. The van der Waals surface area contributed by atoms with Crippen LogP contribution < -0.4 is 5.32 Å². The lowest BCUT2D eigenvalue weighted by atomic mass is 10.2. The highest BCUT2D eigenvalue weighted by atomic mass is 16.3. The average Bonchev–Trinajstić information content (AvgIpc) is 3.05. The van der Waals surface area contributed by atoms with Gasteiger partial charge in [-0.3, -0.25) is 10.00 Å². The van der Waals surface area contributed by atoms with Crippen LogP contribution in [0.15, 0.2) is 6.20 Å². The first-order valence-electron chi connectivity index (χ1n) is 5.97. The summed E-state index contributed by atoms with van der Waals surface area (Å²) in [4.78, 5) is 0. The Labute approximate surface area is 100 Å². The van der Waals surface area contributed by atoms with Crippen LogP contribution in [0.2, 0.25) is 0 Å². The number of nitrogens with zero attached hydrogens (tertiary/aromatic N) is 4. The lowest BCUT2D eigenvalue weighted by Gasteiger charge is -2.06. The lowest BCUT2D eigenvalue weighted by molar-refractivity contribution is 0.276. The van der Waals surface area contributed by atoms with E-state index in [0.717, 1.165) is 12.5 Å². The third-order valence-electron chi connectivity index (χ3n) is 2.83. The van der Waals surface area contributed by atoms with Crippen LogP contribution in [0.4, 0.5) is 0 Å². The molecular formula is C11H17N5O. The van der Waals surface area contributed by atoms with E-state index in [2.05, 4.69) is 21.7 Å². The zero-order valence-corrected chi connectivity index (χ0v) is 9.71. The Morgan fingerprint density at radius 1 is 1.65 bits per heavy atom. The third-order valence-corrected chi connectivity index (χ3v) is 2.83. The van der Waals surface area contributed by atoms with Gasteiger partial charge in [0.05, 0.1) is 12.3 Å². The quantitative estimate of drug-likeness (QED) is 0.706. The summed E-state index contributed by atoms with van der Waals surface area (Å²) in [7, 11) is 0. The molecule has 17 heavy (non-hydrogen) atoms. The molecule has 6 nitrogen and oxygen atoms in total. The van der Waals surface area contributed by atoms with Gasteiger partial charge in [0, 0.05) is 13.2 Å². The Morgan fingerprint density at radius 3 is 3.12 bits per heavy atom. The van der Waals surface area contributed by atoms with Gasteiger partial charge in [-0.25, -0.2) is 0 Å². The smallest absolute Gasteiger partial charge is 0.141 e. The molecule has 0 spiro atoms. The van der Waals surface area contributed by atoms with Crippen molar-refractivity contribution in [2.45, 2.75) is 31.8 Å². The number of nitriles is 1. The van der Waals surface area contributed by atoms with E-state index in [1.807, 2.05) is 0 Å². The summed E-state index contributed by atoms with van der Waals surface area (Å²) >= 11 is 0. The van der Waals surface area contributed by atoms with Gasteiger partial charge in [-0.15, -0.1) is 5.10 Å². The van der Waals surface area contributed by atoms with Gasteiger partial charge in [-0.1, -0.05) is 5.21 Å². The Bertz CT molecular complexity index is 393. The highest BCUT2D eigenvalue weighted by molar-refractivity contribution is 5.10. The van der Waals surface area contributed by atoms with E-state index < -0.39 is 0 Å². The molecule has 0 amide bonds. The second-order valence-corrected chi connectivity index (χ2v) is 4.40. The molecule has 1 saturated carbocycles. The molecule has 6 heteroatoms. The molecule has 92 valence electrons. The van der Waals surface area contributed by atoms with Crippen molar-refractivity contribution in [3.8, 4) is 6.07 Å². The molecule has 0 bridgehead atoms. The summed E-state index contributed by atoms with van der Waals surface area (Å²) in [5, 5.41) is 28.9. The lowest BCUT2D eigenvalue weighted by Crippen LogP contribution is -2.22. The van der Waals surface area contributed by atoms with Crippen LogP contribution in [0.25, 0.3) is 0 Å². The predicted octanol–water partition coefficient (Wildman–Crippen LogP) is 0.225. The van der Waals surface area contributed by atoms with E-state index in [1.165, 1.54) is 12.8 Å². The van der Waals surface area contributed by atoms with Crippen LogP contribution >= 0.6 is 0 Å².